The van der Waals surface area contributed by atoms with E-state index in [1.54, 1.807) is 0 Å². The monoisotopic (exact) mass is 316 g/mol. The average molecular weight is 316 g/mol. The molecule has 4 heteroatoms. The Labute approximate surface area is 143 Å². The van der Waals surface area contributed by atoms with Gasteiger partial charge < -0.3 is 9.80 Å². The van der Waals surface area contributed by atoms with Crippen molar-refractivity contribution >= 4 is 17.1 Å². The number of hydrogen-bond acceptors (Lipinski definition) is 4. The van der Waals surface area contributed by atoms with E-state index in [0.29, 0.717) is 11.1 Å². The molecule has 0 unspecified atom stereocenters. The van der Waals surface area contributed by atoms with Gasteiger partial charge in [0.15, 0.2) is 0 Å². The van der Waals surface area contributed by atoms with Crippen LogP contribution in [0.25, 0.3) is 0 Å². The highest BCUT2D eigenvalue weighted by Crippen LogP contribution is 2.46. The van der Waals surface area contributed by atoms with E-state index in [2.05, 4.69) is 61.8 Å². The van der Waals surface area contributed by atoms with Gasteiger partial charge in [-0.25, -0.2) is 0 Å². The minimum Gasteiger partial charge on any atom is -0.352 e. The first kappa shape index (κ1) is 15.9. The van der Waals surface area contributed by atoms with Crippen LogP contribution in [0, 0.1) is 43.4 Å². The maximum atomic E-state index is 9.38. The van der Waals surface area contributed by atoms with Crippen LogP contribution in [-0.2, 0) is 0 Å². The van der Waals surface area contributed by atoms with E-state index in [9.17, 15) is 10.5 Å². The van der Waals surface area contributed by atoms with Crippen molar-refractivity contribution in [1.82, 2.24) is 0 Å². The molecule has 0 N–H and O–H groups in total. The largest absolute Gasteiger partial charge is 0.352 e. The molecule has 0 saturated carbocycles. The van der Waals surface area contributed by atoms with Gasteiger partial charge in [-0.15, -0.1) is 0 Å². The van der Waals surface area contributed by atoms with Crippen LogP contribution in [0.5, 0.6) is 0 Å². The molecule has 1 aliphatic rings. The second kappa shape index (κ2) is 5.58. The number of benzene rings is 2. The van der Waals surface area contributed by atoms with Gasteiger partial charge in [0, 0.05) is 12.7 Å². The molecular formula is C20H20N4. The fourth-order valence-electron chi connectivity index (χ4n) is 3.41. The molecule has 0 spiro atoms. The molecule has 0 bridgehead atoms. The van der Waals surface area contributed by atoms with Crippen molar-refractivity contribution in [3.05, 3.63) is 52.1 Å². The van der Waals surface area contributed by atoms with Crippen LogP contribution < -0.4 is 9.80 Å². The van der Waals surface area contributed by atoms with Crippen LogP contribution in [0.4, 0.5) is 17.1 Å². The molecule has 24 heavy (non-hydrogen) atoms. The van der Waals surface area contributed by atoms with Crippen molar-refractivity contribution in [2.45, 2.75) is 33.9 Å². The van der Waals surface area contributed by atoms with Crippen molar-refractivity contribution in [2.75, 3.05) is 16.8 Å². The van der Waals surface area contributed by atoms with Crippen molar-refractivity contribution in [1.29, 1.82) is 10.5 Å². The lowest BCUT2D eigenvalue weighted by Crippen LogP contribution is -2.36. The Hall–Kier alpha value is -2.98. The number of hydrogen-bond donors (Lipinski definition) is 0. The zero-order valence-electron chi connectivity index (χ0n) is 14.7. The molecule has 0 radical (unpaired) electrons. The molecule has 1 heterocycles. The summed E-state index contributed by atoms with van der Waals surface area (Å²) in [7, 11) is 2.02. The highest BCUT2D eigenvalue weighted by atomic mass is 15.4. The van der Waals surface area contributed by atoms with Crippen LogP contribution >= 0.6 is 0 Å². The number of nitrogens with zero attached hydrogens (tertiary/aromatic N) is 4. The summed E-state index contributed by atoms with van der Waals surface area (Å²) in [6, 6.07) is 12.3. The Bertz CT molecular complexity index is 915. The standard InChI is InChI=1S/C20H20N4/c1-12-6-13(2)14(3)18(7-12)24-15(4)23(5)19-8-16(10-21)17(11-22)9-20(19)24/h6-9,15H,1-5H3/t15-/m0/s1. The highest BCUT2D eigenvalue weighted by Gasteiger charge is 2.33. The van der Waals surface area contributed by atoms with E-state index in [4.69, 9.17) is 0 Å². The molecule has 0 fully saturated rings. The smallest absolute Gasteiger partial charge is 0.103 e. The normalized spacial score (nSPS) is 15.9. The molecule has 0 aromatic heterocycles. The average Bonchev–Trinajstić information content (AvgIpc) is 2.80. The lowest BCUT2D eigenvalue weighted by molar-refractivity contribution is 0.732. The summed E-state index contributed by atoms with van der Waals surface area (Å²) in [5.41, 5.74) is 7.66. The summed E-state index contributed by atoms with van der Waals surface area (Å²) in [5.74, 6) is 0. The van der Waals surface area contributed by atoms with E-state index in [-0.39, 0.29) is 6.17 Å². The first-order chi connectivity index (χ1) is 11.4. The second-order valence-corrected chi connectivity index (χ2v) is 6.45. The Balaban J connectivity index is 2.28. The topological polar surface area (TPSA) is 54.1 Å². The highest BCUT2D eigenvalue weighted by molar-refractivity contribution is 5.87. The summed E-state index contributed by atoms with van der Waals surface area (Å²) in [6.45, 7) is 8.48. The second-order valence-electron chi connectivity index (χ2n) is 6.45. The van der Waals surface area contributed by atoms with Crippen molar-refractivity contribution in [3.8, 4) is 12.1 Å². The Morgan fingerprint density at radius 2 is 1.46 bits per heavy atom. The third-order valence-electron chi connectivity index (χ3n) is 4.97. The van der Waals surface area contributed by atoms with Gasteiger partial charge in [-0.1, -0.05) is 6.07 Å². The van der Waals surface area contributed by atoms with E-state index in [0.717, 1.165) is 17.1 Å². The van der Waals surface area contributed by atoms with E-state index in [1.807, 2.05) is 19.2 Å². The van der Waals surface area contributed by atoms with Gasteiger partial charge in [0.2, 0.25) is 0 Å². The van der Waals surface area contributed by atoms with Crippen LogP contribution in [0.1, 0.15) is 34.7 Å². The molecule has 1 aliphatic heterocycles. The summed E-state index contributed by atoms with van der Waals surface area (Å²) < 4.78 is 0. The first-order valence-electron chi connectivity index (χ1n) is 7.97. The van der Waals surface area contributed by atoms with Gasteiger partial charge in [0.1, 0.15) is 18.3 Å². The maximum Gasteiger partial charge on any atom is 0.103 e. The fourth-order valence-corrected chi connectivity index (χ4v) is 3.41. The Morgan fingerprint density at radius 3 is 2.04 bits per heavy atom. The minimum atomic E-state index is 0.111. The van der Waals surface area contributed by atoms with Gasteiger partial charge in [-0.05, 0) is 62.6 Å². The molecule has 1 atom stereocenters. The van der Waals surface area contributed by atoms with Gasteiger partial charge >= 0.3 is 0 Å². The van der Waals surface area contributed by atoms with Crippen LogP contribution in [-0.4, -0.2) is 13.2 Å². The molecular weight excluding hydrogens is 296 g/mol. The summed E-state index contributed by atoms with van der Waals surface area (Å²) >= 11 is 0. The predicted molar refractivity (Wildman–Crippen MR) is 96.5 cm³/mol. The van der Waals surface area contributed by atoms with Crippen molar-refractivity contribution in [2.24, 2.45) is 0 Å². The molecule has 0 saturated heterocycles. The summed E-state index contributed by atoms with van der Waals surface area (Å²) in [5, 5.41) is 18.7. The fraction of sp³-hybridized carbons (Fsp3) is 0.300. The van der Waals surface area contributed by atoms with E-state index >= 15 is 0 Å². The summed E-state index contributed by atoms with van der Waals surface area (Å²) in [4.78, 5) is 4.40. The quantitative estimate of drug-likeness (QED) is 0.787. The van der Waals surface area contributed by atoms with Gasteiger partial charge in [-0.3, -0.25) is 0 Å². The molecule has 120 valence electrons. The van der Waals surface area contributed by atoms with Crippen LogP contribution in [0.2, 0.25) is 0 Å². The Kier molecular flexibility index (Phi) is 3.70. The van der Waals surface area contributed by atoms with Gasteiger partial charge in [0.25, 0.3) is 0 Å². The van der Waals surface area contributed by atoms with Crippen LogP contribution in [0.15, 0.2) is 24.3 Å². The first-order valence-corrected chi connectivity index (χ1v) is 7.97. The summed E-state index contributed by atoms with van der Waals surface area (Å²) in [6.07, 6.45) is 0.111. The number of anilines is 3. The molecule has 0 amide bonds. The lowest BCUT2D eigenvalue weighted by atomic mass is 10.0. The van der Waals surface area contributed by atoms with E-state index in [1.165, 1.54) is 16.7 Å². The number of rotatable bonds is 1. The molecule has 2 aromatic rings. The zero-order valence-corrected chi connectivity index (χ0v) is 14.7. The van der Waals surface area contributed by atoms with Crippen molar-refractivity contribution in [3.63, 3.8) is 0 Å². The lowest BCUT2D eigenvalue weighted by Gasteiger charge is -2.30. The third-order valence-corrected chi connectivity index (χ3v) is 4.97. The third kappa shape index (κ3) is 2.20. The number of fused-ring (bicyclic) bond motifs is 1. The van der Waals surface area contributed by atoms with E-state index < -0.39 is 0 Å². The number of nitriles is 2. The predicted octanol–water partition coefficient (Wildman–Crippen LogP) is 4.29. The maximum absolute atomic E-state index is 9.38. The molecule has 0 aliphatic carbocycles. The molecule has 2 aromatic carbocycles. The van der Waals surface area contributed by atoms with Crippen molar-refractivity contribution < 1.29 is 0 Å². The van der Waals surface area contributed by atoms with Crippen LogP contribution in [0.3, 0.4) is 0 Å². The molecule has 4 nitrogen and oxygen atoms in total. The van der Waals surface area contributed by atoms with Gasteiger partial charge in [-0.2, -0.15) is 10.5 Å². The van der Waals surface area contributed by atoms with Gasteiger partial charge in [0.05, 0.1) is 22.5 Å². The minimum absolute atomic E-state index is 0.111. The SMILES string of the molecule is Cc1cc(C)c(C)c(N2c3cc(C#N)c(C#N)cc3N(C)[C@@H]2C)c1. The molecule has 3 rings (SSSR count). The Morgan fingerprint density at radius 1 is 0.875 bits per heavy atom. The zero-order chi connectivity index (χ0) is 17.6. The number of aryl methyl sites for hydroxylation is 2.